The smallest absolute Gasteiger partial charge is 0.211 e. The van der Waals surface area contributed by atoms with Gasteiger partial charge < -0.3 is 10.6 Å². The Morgan fingerprint density at radius 3 is 2.43 bits per heavy atom. The lowest BCUT2D eigenvalue weighted by Crippen LogP contribution is -2.45. The first-order valence-electron chi connectivity index (χ1n) is 9.39. The molecule has 0 atom stereocenters. The Labute approximate surface area is 165 Å². The summed E-state index contributed by atoms with van der Waals surface area (Å²) >= 11 is 0. The van der Waals surface area contributed by atoms with Gasteiger partial charge in [0.1, 0.15) is 5.82 Å². The molecule has 2 aromatic rings. The zero-order valence-corrected chi connectivity index (χ0v) is 16.6. The van der Waals surface area contributed by atoms with Crippen LogP contribution >= 0.6 is 0 Å². The number of nitrogens with two attached hydrogens (primary N) is 1. The number of benzene rings is 2. The fraction of sp³-hybridized carbons (Fsp3) is 0.333. The fourth-order valence-electron chi connectivity index (χ4n) is 3.98. The molecule has 28 heavy (non-hydrogen) atoms. The van der Waals surface area contributed by atoms with Crippen molar-refractivity contribution < 1.29 is 12.8 Å². The average molecular weight is 402 g/mol. The molecule has 0 aromatic heterocycles. The molecule has 2 aliphatic rings. The molecule has 2 aliphatic heterocycles. The minimum Gasteiger partial charge on any atom is -0.396 e. The van der Waals surface area contributed by atoms with E-state index in [9.17, 15) is 12.8 Å². The van der Waals surface area contributed by atoms with Crippen LogP contribution in [0.25, 0.3) is 17.2 Å². The lowest BCUT2D eigenvalue weighted by molar-refractivity contribution is 0.183. The number of fused-ring (bicyclic) bond motifs is 1. The maximum atomic E-state index is 13.4. The molecule has 0 aliphatic carbocycles. The second kappa shape index (κ2) is 7.22. The standard InChI is InChI=1S/C21H24FN3O2S/c1-28(26,27)25-10-7-19(8-11-25)24-9-6-17-12-15(2-3-18(17)14-24)16-4-5-20(22)21(23)13-16/h2-6,9,12-13,19H,7-8,10-11,14,23H2,1H3. The van der Waals surface area contributed by atoms with Crippen molar-refractivity contribution in [2.24, 2.45) is 0 Å². The first-order chi connectivity index (χ1) is 13.3. The molecule has 0 radical (unpaired) electrons. The summed E-state index contributed by atoms with van der Waals surface area (Å²) in [5.41, 5.74) is 10.1. The second-order valence-electron chi connectivity index (χ2n) is 7.53. The van der Waals surface area contributed by atoms with Gasteiger partial charge >= 0.3 is 0 Å². The van der Waals surface area contributed by atoms with E-state index in [-0.39, 0.29) is 5.69 Å². The molecule has 0 spiro atoms. The summed E-state index contributed by atoms with van der Waals surface area (Å²) in [6.45, 7) is 1.96. The Morgan fingerprint density at radius 1 is 1.07 bits per heavy atom. The van der Waals surface area contributed by atoms with E-state index < -0.39 is 15.8 Å². The van der Waals surface area contributed by atoms with Crippen molar-refractivity contribution in [3.05, 3.63) is 59.5 Å². The molecule has 1 fully saturated rings. The second-order valence-corrected chi connectivity index (χ2v) is 9.51. The number of hydrogen-bond acceptors (Lipinski definition) is 4. The molecular weight excluding hydrogens is 377 g/mol. The van der Waals surface area contributed by atoms with Crippen molar-refractivity contribution in [1.82, 2.24) is 9.21 Å². The van der Waals surface area contributed by atoms with Crippen LogP contribution in [0.15, 0.2) is 42.6 Å². The van der Waals surface area contributed by atoms with Crippen LogP contribution in [0.4, 0.5) is 10.1 Å². The van der Waals surface area contributed by atoms with Crippen molar-refractivity contribution >= 4 is 21.8 Å². The molecule has 148 valence electrons. The van der Waals surface area contributed by atoms with Crippen molar-refractivity contribution in [3.8, 4) is 11.1 Å². The van der Waals surface area contributed by atoms with E-state index in [0.717, 1.165) is 36.1 Å². The molecule has 5 nitrogen and oxygen atoms in total. The topological polar surface area (TPSA) is 66.6 Å². The van der Waals surface area contributed by atoms with Crippen molar-refractivity contribution in [2.75, 3.05) is 25.1 Å². The first-order valence-corrected chi connectivity index (χ1v) is 11.2. The Balaban J connectivity index is 1.49. The molecule has 0 amide bonds. The Bertz CT molecular complexity index is 1030. The summed E-state index contributed by atoms with van der Waals surface area (Å²) in [5, 5.41) is 0. The highest BCUT2D eigenvalue weighted by molar-refractivity contribution is 7.88. The summed E-state index contributed by atoms with van der Waals surface area (Å²) in [6, 6.07) is 11.4. The van der Waals surface area contributed by atoms with Gasteiger partial charge in [-0.1, -0.05) is 18.2 Å². The average Bonchev–Trinajstić information content (AvgIpc) is 2.69. The minimum atomic E-state index is -3.10. The van der Waals surface area contributed by atoms with E-state index in [1.807, 2.05) is 6.07 Å². The number of hydrogen-bond donors (Lipinski definition) is 1. The number of halogens is 1. The van der Waals surface area contributed by atoms with E-state index >= 15 is 0 Å². The number of rotatable bonds is 3. The molecule has 2 heterocycles. The number of nitrogens with zero attached hydrogens (tertiary/aromatic N) is 2. The lowest BCUT2D eigenvalue weighted by Gasteiger charge is -2.38. The SMILES string of the molecule is CS(=O)(=O)N1CCC(N2C=Cc3cc(-c4ccc(F)c(N)c4)ccc3C2)CC1. The summed E-state index contributed by atoms with van der Waals surface area (Å²) in [4.78, 5) is 2.30. The van der Waals surface area contributed by atoms with Crippen LogP contribution < -0.4 is 5.73 Å². The predicted octanol–water partition coefficient (Wildman–Crippen LogP) is 3.29. The quantitative estimate of drug-likeness (QED) is 0.802. The zero-order chi connectivity index (χ0) is 19.9. The fourth-order valence-corrected chi connectivity index (χ4v) is 4.85. The number of piperidine rings is 1. The van der Waals surface area contributed by atoms with Crippen molar-refractivity contribution in [2.45, 2.75) is 25.4 Å². The molecule has 0 unspecified atom stereocenters. The van der Waals surface area contributed by atoms with Gasteiger partial charge in [-0.15, -0.1) is 0 Å². The van der Waals surface area contributed by atoms with E-state index in [0.29, 0.717) is 19.1 Å². The normalized spacial score (nSPS) is 18.3. The van der Waals surface area contributed by atoms with Crippen LogP contribution in [0.2, 0.25) is 0 Å². The maximum absolute atomic E-state index is 13.4. The van der Waals surface area contributed by atoms with Gasteiger partial charge in [-0.2, -0.15) is 0 Å². The van der Waals surface area contributed by atoms with Gasteiger partial charge in [0, 0.05) is 31.9 Å². The van der Waals surface area contributed by atoms with Gasteiger partial charge in [0.15, 0.2) is 0 Å². The highest BCUT2D eigenvalue weighted by Crippen LogP contribution is 2.30. The lowest BCUT2D eigenvalue weighted by atomic mass is 9.95. The van der Waals surface area contributed by atoms with Gasteiger partial charge in [-0.05, 0) is 59.4 Å². The Kier molecular flexibility index (Phi) is 4.89. The highest BCUT2D eigenvalue weighted by Gasteiger charge is 2.28. The van der Waals surface area contributed by atoms with Crippen LogP contribution in [0.5, 0.6) is 0 Å². The monoisotopic (exact) mass is 401 g/mol. The molecular formula is C21H24FN3O2S. The molecule has 2 N–H and O–H groups in total. The van der Waals surface area contributed by atoms with E-state index in [2.05, 4.69) is 29.3 Å². The minimum absolute atomic E-state index is 0.150. The number of sulfonamides is 1. The van der Waals surface area contributed by atoms with E-state index in [4.69, 9.17) is 5.73 Å². The predicted molar refractivity (Wildman–Crippen MR) is 110 cm³/mol. The van der Waals surface area contributed by atoms with Crippen LogP contribution in [-0.4, -0.2) is 43.0 Å². The van der Waals surface area contributed by atoms with E-state index in [1.165, 1.54) is 17.9 Å². The van der Waals surface area contributed by atoms with Gasteiger partial charge in [0.2, 0.25) is 10.0 Å². The molecule has 1 saturated heterocycles. The summed E-state index contributed by atoms with van der Waals surface area (Å²) in [5.74, 6) is -0.404. The molecule has 2 aromatic carbocycles. The Morgan fingerprint density at radius 2 is 1.75 bits per heavy atom. The molecule has 0 bridgehead atoms. The Hall–Kier alpha value is -2.38. The maximum Gasteiger partial charge on any atom is 0.211 e. The third-order valence-corrected chi connectivity index (χ3v) is 6.94. The van der Waals surface area contributed by atoms with Crippen LogP contribution in [0, 0.1) is 5.82 Å². The van der Waals surface area contributed by atoms with Gasteiger partial charge in [-0.3, -0.25) is 0 Å². The molecule has 0 saturated carbocycles. The van der Waals surface area contributed by atoms with Crippen molar-refractivity contribution in [3.63, 3.8) is 0 Å². The van der Waals surface area contributed by atoms with Gasteiger partial charge in [0.25, 0.3) is 0 Å². The summed E-state index contributed by atoms with van der Waals surface area (Å²) in [6.07, 6.45) is 7.14. The number of anilines is 1. The molecule has 4 rings (SSSR count). The highest BCUT2D eigenvalue weighted by atomic mass is 32.2. The van der Waals surface area contributed by atoms with Crippen LogP contribution in [-0.2, 0) is 16.6 Å². The molecule has 7 heteroatoms. The third-order valence-electron chi connectivity index (χ3n) is 5.64. The number of nitrogen functional groups attached to an aromatic ring is 1. The first kappa shape index (κ1) is 19.0. The van der Waals surface area contributed by atoms with E-state index in [1.54, 1.807) is 16.4 Å². The van der Waals surface area contributed by atoms with Crippen molar-refractivity contribution in [1.29, 1.82) is 0 Å². The largest absolute Gasteiger partial charge is 0.396 e. The summed E-state index contributed by atoms with van der Waals surface area (Å²) < 4.78 is 38.4. The van der Waals surface area contributed by atoms with Crippen LogP contribution in [0.1, 0.15) is 24.0 Å². The zero-order valence-electron chi connectivity index (χ0n) is 15.8. The third kappa shape index (κ3) is 3.77. The van der Waals surface area contributed by atoms with Crippen LogP contribution in [0.3, 0.4) is 0 Å². The van der Waals surface area contributed by atoms with Gasteiger partial charge in [0.05, 0.1) is 11.9 Å². The summed E-state index contributed by atoms with van der Waals surface area (Å²) in [7, 11) is -3.10. The van der Waals surface area contributed by atoms with Gasteiger partial charge in [-0.25, -0.2) is 17.1 Å².